The van der Waals surface area contributed by atoms with Gasteiger partial charge in [0, 0.05) is 31.8 Å². The van der Waals surface area contributed by atoms with Gasteiger partial charge in [0.05, 0.1) is 6.61 Å². The van der Waals surface area contributed by atoms with E-state index in [0.717, 1.165) is 6.61 Å². The number of piperidine rings is 1. The van der Waals surface area contributed by atoms with Crippen molar-refractivity contribution in [1.82, 2.24) is 10.2 Å². The second-order valence-corrected chi connectivity index (χ2v) is 5.61. The molecule has 96 valence electrons. The molecule has 0 bridgehead atoms. The molecule has 0 radical (unpaired) electrons. The fourth-order valence-corrected chi connectivity index (χ4v) is 2.49. The maximum Gasteiger partial charge on any atom is 0.0620 e. The number of methoxy groups -OCH3 is 1. The molecule has 1 N–H and O–H groups in total. The quantitative estimate of drug-likeness (QED) is 0.775. The minimum atomic E-state index is 0.338. The van der Waals surface area contributed by atoms with Gasteiger partial charge in [0.1, 0.15) is 0 Å². The minimum Gasteiger partial charge on any atom is -0.383 e. The van der Waals surface area contributed by atoms with Crippen molar-refractivity contribution in [2.24, 2.45) is 5.92 Å². The van der Waals surface area contributed by atoms with Gasteiger partial charge in [-0.2, -0.15) is 0 Å². The minimum absolute atomic E-state index is 0.338. The molecule has 1 fully saturated rings. The van der Waals surface area contributed by atoms with Crippen molar-refractivity contribution in [2.45, 2.75) is 45.2 Å². The summed E-state index contributed by atoms with van der Waals surface area (Å²) in [5.41, 5.74) is 0.338. The number of hydrogen-bond acceptors (Lipinski definition) is 3. The summed E-state index contributed by atoms with van der Waals surface area (Å²) in [6.07, 6.45) is 2.47. The number of hydrogen-bond donors (Lipinski definition) is 1. The lowest BCUT2D eigenvalue weighted by molar-refractivity contribution is 0.0342. The van der Waals surface area contributed by atoms with E-state index < -0.39 is 0 Å². The molecule has 1 rings (SSSR count). The van der Waals surface area contributed by atoms with Gasteiger partial charge in [0.15, 0.2) is 0 Å². The molecular weight excluding hydrogens is 200 g/mol. The molecule has 1 unspecified atom stereocenters. The van der Waals surface area contributed by atoms with Gasteiger partial charge in [-0.25, -0.2) is 0 Å². The van der Waals surface area contributed by atoms with Crippen LogP contribution < -0.4 is 5.32 Å². The van der Waals surface area contributed by atoms with Crippen LogP contribution in [0.1, 0.15) is 33.6 Å². The summed E-state index contributed by atoms with van der Waals surface area (Å²) in [5.74, 6) is 0.666. The molecule has 3 nitrogen and oxygen atoms in total. The first-order chi connectivity index (χ1) is 7.52. The highest BCUT2D eigenvalue weighted by molar-refractivity contribution is 4.90. The summed E-state index contributed by atoms with van der Waals surface area (Å²) in [7, 11) is 3.88. The largest absolute Gasteiger partial charge is 0.383 e. The van der Waals surface area contributed by atoms with Gasteiger partial charge < -0.3 is 10.1 Å². The van der Waals surface area contributed by atoms with Crippen LogP contribution in [0.2, 0.25) is 0 Å². The van der Waals surface area contributed by atoms with E-state index in [9.17, 15) is 0 Å². The Balaban J connectivity index is 2.50. The molecule has 1 saturated heterocycles. The molecule has 3 heteroatoms. The predicted molar refractivity (Wildman–Crippen MR) is 68.8 cm³/mol. The molecule has 0 aromatic heterocycles. The Kier molecular flexibility index (Phi) is 5.22. The van der Waals surface area contributed by atoms with E-state index in [0.29, 0.717) is 17.5 Å². The van der Waals surface area contributed by atoms with Crippen molar-refractivity contribution < 1.29 is 4.74 Å². The van der Waals surface area contributed by atoms with Gasteiger partial charge in [-0.05, 0) is 32.7 Å². The average molecular weight is 228 g/mol. The highest BCUT2D eigenvalue weighted by Gasteiger charge is 2.32. The van der Waals surface area contributed by atoms with E-state index in [1.165, 1.54) is 25.9 Å². The average Bonchev–Trinajstić information content (AvgIpc) is 2.27. The SMILES string of the molecule is CNC1(C)CCN(C(COC)C(C)C)CC1. The first-order valence-corrected chi connectivity index (χ1v) is 6.44. The molecular formula is C13H28N2O. The molecule has 1 aliphatic rings. The van der Waals surface area contributed by atoms with Gasteiger partial charge in [0.2, 0.25) is 0 Å². The maximum absolute atomic E-state index is 5.34. The number of rotatable bonds is 5. The summed E-state index contributed by atoms with van der Waals surface area (Å²) >= 11 is 0. The third-order valence-corrected chi connectivity index (χ3v) is 4.08. The fraction of sp³-hybridized carbons (Fsp3) is 1.00. The Hall–Kier alpha value is -0.120. The Morgan fingerprint density at radius 1 is 1.31 bits per heavy atom. The van der Waals surface area contributed by atoms with Crippen molar-refractivity contribution >= 4 is 0 Å². The van der Waals surface area contributed by atoms with Crippen molar-refractivity contribution in [3.8, 4) is 0 Å². The second-order valence-electron chi connectivity index (χ2n) is 5.61. The van der Waals surface area contributed by atoms with Gasteiger partial charge in [-0.1, -0.05) is 13.8 Å². The van der Waals surface area contributed by atoms with E-state index in [4.69, 9.17) is 4.74 Å². The lowest BCUT2D eigenvalue weighted by Gasteiger charge is -2.43. The topological polar surface area (TPSA) is 24.5 Å². The van der Waals surface area contributed by atoms with Crippen LogP contribution in [0.3, 0.4) is 0 Å². The highest BCUT2D eigenvalue weighted by atomic mass is 16.5. The Bertz CT molecular complexity index is 198. The van der Waals surface area contributed by atoms with Crippen LogP contribution in [-0.2, 0) is 4.74 Å². The molecule has 16 heavy (non-hydrogen) atoms. The van der Waals surface area contributed by atoms with E-state index in [-0.39, 0.29) is 0 Å². The van der Waals surface area contributed by atoms with E-state index >= 15 is 0 Å². The van der Waals surface area contributed by atoms with Gasteiger partial charge in [0.25, 0.3) is 0 Å². The van der Waals surface area contributed by atoms with E-state index in [1.807, 2.05) is 0 Å². The number of likely N-dealkylation sites (tertiary alicyclic amines) is 1. The normalized spacial score (nSPS) is 23.6. The number of nitrogens with zero attached hydrogens (tertiary/aromatic N) is 1. The Morgan fingerprint density at radius 3 is 2.25 bits per heavy atom. The van der Waals surface area contributed by atoms with E-state index in [1.54, 1.807) is 7.11 Å². The molecule has 1 heterocycles. The van der Waals surface area contributed by atoms with Crippen molar-refractivity contribution in [2.75, 3.05) is 33.9 Å². The molecule has 1 aliphatic heterocycles. The Morgan fingerprint density at radius 2 is 1.88 bits per heavy atom. The Labute approximate surface area is 101 Å². The smallest absolute Gasteiger partial charge is 0.0620 e. The van der Waals surface area contributed by atoms with Gasteiger partial charge >= 0.3 is 0 Å². The van der Waals surface area contributed by atoms with Gasteiger partial charge in [-0.3, -0.25) is 4.90 Å². The van der Waals surface area contributed by atoms with E-state index in [2.05, 4.69) is 38.0 Å². The zero-order valence-electron chi connectivity index (χ0n) is 11.5. The first kappa shape index (κ1) is 13.9. The zero-order chi connectivity index (χ0) is 12.2. The summed E-state index contributed by atoms with van der Waals surface area (Å²) in [6.45, 7) is 10.1. The third-order valence-electron chi connectivity index (χ3n) is 4.08. The summed E-state index contributed by atoms with van der Waals surface area (Å²) in [6, 6.07) is 0.575. The van der Waals surface area contributed by atoms with Crippen LogP contribution in [0.15, 0.2) is 0 Å². The van der Waals surface area contributed by atoms with Crippen LogP contribution >= 0.6 is 0 Å². The van der Waals surface area contributed by atoms with Crippen LogP contribution in [0.5, 0.6) is 0 Å². The van der Waals surface area contributed by atoms with Crippen LogP contribution in [-0.4, -0.2) is 50.3 Å². The molecule has 0 spiro atoms. The second kappa shape index (κ2) is 5.99. The highest BCUT2D eigenvalue weighted by Crippen LogP contribution is 2.24. The van der Waals surface area contributed by atoms with Crippen LogP contribution in [0, 0.1) is 5.92 Å². The molecule has 0 aromatic rings. The van der Waals surface area contributed by atoms with Crippen molar-refractivity contribution in [1.29, 1.82) is 0 Å². The molecule has 1 atom stereocenters. The van der Waals surface area contributed by atoms with Crippen LogP contribution in [0.25, 0.3) is 0 Å². The lowest BCUT2D eigenvalue weighted by atomic mass is 9.88. The fourth-order valence-electron chi connectivity index (χ4n) is 2.49. The summed E-state index contributed by atoms with van der Waals surface area (Å²) < 4.78 is 5.34. The number of nitrogens with one attached hydrogen (secondary N) is 1. The monoisotopic (exact) mass is 228 g/mol. The van der Waals surface area contributed by atoms with Crippen LogP contribution in [0.4, 0.5) is 0 Å². The van der Waals surface area contributed by atoms with Crippen molar-refractivity contribution in [3.05, 3.63) is 0 Å². The zero-order valence-corrected chi connectivity index (χ0v) is 11.5. The molecule has 0 aromatic carbocycles. The lowest BCUT2D eigenvalue weighted by Crippen LogP contribution is -2.54. The standard InChI is InChI=1S/C13H28N2O/c1-11(2)12(10-16-5)15-8-6-13(3,14-4)7-9-15/h11-12,14H,6-10H2,1-5H3. The van der Waals surface area contributed by atoms with Crippen molar-refractivity contribution in [3.63, 3.8) is 0 Å². The third kappa shape index (κ3) is 3.44. The molecule has 0 aliphatic carbocycles. The maximum atomic E-state index is 5.34. The van der Waals surface area contributed by atoms with Gasteiger partial charge in [-0.15, -0.1) is 0 Å². The first-order valence-electron chi connectivity index (χ1n) is 6.44. The molecule has 0 saturated carbocycles. The summed E-state index contributed by atoms with van der Waals surface area (Å²) in [5, 5.41) is 3.44. The number of ether oxygens (including phenoxy) is 1. The summed E-state index contributed by atoms with van der Waals surface area (Å²) in [4.78, 5) is 2.59. The predicted octanol–water partition coefficient (Wildman–Crippen LogP) is 1.73. The molecule has 0 amide bonds.